The van der Waals surface area contributed by atoms with Crippen LogP contribution in [-0.4, -0.2) is 12.1 Å². The molecule has 180 valence electrons. The SMILES string of the molecule is CCCCCC/C=C/Oc1ccc(OC(=O)c2ccc(O[C@@H](C)CCCCCC)cc2)cc1. The van der Waals surface area contributed by atoms with E-state index in [0.29, 0.717) is 17.1 Å². The molecule has 0 unspecified atom stereocenters. The minimum atomic E-state index is -0.394. The van der Waals surface area contributed by atoms with Gasteiger partial charge in [-0.2, -0.15) is 0 Å². The lowest BCUT2D eigenvalue weighted by molar-refractivity contribution is 0.0734. The molecule has 0 radical (unpaired) electrons. The maximum atomic E-state index is 12.4. The molecule has 0 aliphatic heterocycles. The second-order valence-electron chi connectivity index (χ2n) is 8.50. The number of carbonyl (C=O) groups is 1. The van der Waals surface area contributed by atoms with Crippen LogP contribution in [0.5, 0.6) is 17.2 Å². The van der Waals surface area contributed by atoms with Crippen LogP contribution in [0.2, 0.25) is 0 Å². The molecule has 2 rings (SSSR count). The third-order valence-electron chi connectivity index (χ3n) is 5.45. The zero-order valence-electron chi connectivity index (χ0n) is 20.6. The molecule has 0 aliphatic carbocycles. The summed E-state index contributed by atoms with van der Waals surface area (Å²) in [7, 11) is 0. The molecular formula is C29H40O4. The molecule has 1 atom stereocenters. The number of carbonyl (C=O) groups excluding carboxylic acids is 1. The van der Waals surface area contributed by atoms with E-state index in [4.69, 9.17) is 14.2 Å². The van der Waals surface area contributed by atoms with E-state index in [1.54, 1.807) is 42.7 Å². The van der Waals surface area contributed by atoms with E-state index in [-0.39, 0.29) is 6.10 Å². The number of ether oxygens (including phenoxy) is 3. The van der Waals surface area contributed by atoms with Crippen molar-refractivity contribution < 1.29 is 19.0 Å². The number of unbranched alkanes of at least 4 members (excludes halogenated alkanes) is 7. The van der Waals surface area contributed by atoms with Crippen molar-refractivity contribution in [1.82, 2.24) is 0 Å². The van der Waals surface area contributed by atoms with Crippen molar-refractivity contribution >= 4 is 5.97 Å². The van der Waals surface area contributed by atoms with Crippen LogP contribution < -0.4 is 14.2 Å². The van der Waals surface area contributed by atoms with Crippen molar-refractivity contribution in [1.29, 1.82) is 0 Å². The lowest BCUT2D eigenvalue weighted by Crippen LogP contribution is -2.12. The number of rotatable bonds is 16. The maximum absolute atomic E-state index is 12.4. The quantitative estimate of drug-likeness (QED) is 0.111. The molecule has 0 amide bonds. The first-order chi connectivity index (χ1) is 16.1. The van der Waals surface area contributed by atoms with Gasteiger partial charge in [0.25, 0.3) is 0 Å². The molecule has 0 N–H and O–H groups in total. The van der Waals surface area contributed by atoms with Gasteiger partial charge in [-0.15, -0.1) is 0 Å². The van der Waals surface area contributed by atoms with E-state index in [2.05, 4.69) is 20.8 Å². The molecule has 0 spiro atoms. The molecule has 0 aliphatic rings. The summed E-state index contributed by atoms with van der Waals surface area (Å²) in [6.45, 7) is 6.51. The van der Waals surface area contributed by atoms with E-state index >= 15 is 0 Å². The van der Waals surface area contributed by atoms with Crippen LogP contribution in [0.25, 0.3) is 0 Å². The van der Waals surface area contributed by atoms with E-state index in [1.807, 2.05) is 18.2 Å². The van der Waals surface area contributed by atoms with Gasteiger partial charge in [-0.1, -0.05) is 52.4 Å². The normalized spacial score (nSPS) is 12.0. The summed E-state index contributed by atoms with van der Waals surface area (Å²) in [4.78, 5) is 12.4. The topological polar surface area (TPSA) is 44.8 Å². The van der Waals surface area contributed by atoms with Crippen molar-refractivity contribution in [2.45, 2.75) is 91.1 Å². The van der Waals surface area contributed by atoms with Gasteiger partial charge in [-0.3, -0.25) is 0 Å². The van der Waals surface area contributed by atoms with Crippen molar-refractivity contribution in [2.75, 3.05) is 0 Å². The molecule has 4 nitrogen and oxygen atoms in total. The molecule has 33 heavy (non-hydrogen) atoms. The average molecular weight is 453 g/mol. The Morgan fingerprint density at radius 3 is 2.06 bits per heavy atom. The molecule has 0 saturated carbocycles. The molecular weight excluding hydrogens is 412 g/mol. The standard InChI is InChI=1S/C29H40O4/c1-4-6-8-10-11-13-23-31-26-19-21-28(22-20-26)33-29(30)25-15-17-27(18-16-25)32-24(3)14-12-9-7-5-2/h13,15-24H,4-12,14H2,1-3H3/b23-13+/t24-/m0/s1. The van der Waals surface area contributed by atoms with E-state index in [9.17, 15) is 4.79 Å². The summed E-state index contributed by atoms with van der Waals surface area (Å²) in [5, 5.41) is 0. The van der Waals surface area contributed by atoms with Crippen LogP contribution in [-0.2, 0) is 0 Å². The van der Waals surface area contributed by atoms with Gasteiger partial charge in [0.2, 0.25) is 0 Å². The molecule has 2 aromatic rings. The van der Waals surface area contributed by atoms with Crippen LogP contribution in [0.1, 0.15) is 95.3 Å². The minimum absolute atomic E-state index is 0.163. The second-order valence-corrected chi connectivity index (χ2v) is 8.50. The lowest BCUT2D eigenvalue weighted by Gasteiger charge is -2.14. The molecule has 4 heteroatoms. The fourth-order valence-electron chi connectivity index (χ4n) is 3.46. The van der Waals surface area contributed by atoms with Gasteiger partial charge >= 0.3 is 5.97 Å². The van der Waals surface area contributed by atoms with Crippen molar-refractivity contribution in [3.8, 4) is 17.2 Å². The Labute approximate surface area is 200 Å². The summed E-state index contributed by atoms with van der Waals surface area (Å²) in [6, 6.07) is 14.2. The fraction of sp³-hybridized carbons (Fsp3) is 0.483. The third kappa shape index (κ3) is 11.1. The van der Waals surface area contributed by atoms with Gasteiger partial charge in [0.1, 0.15) is 17.2 Å². The largest absolute Gasteiger partial charge is 0.491 e. The zero-order chi connectivity index (χ0) is 23.7. The second kappa shape index (κ2) is 16.0. The van der Waals surface area contributed by atoms with Gasteiger partial charge in [-0.25, -0.2) is 4.79 Å². The summed E-state index contributed by atoms with van der Waals surface area (Å²) in [5.74, 6) is 1.58. The summed E-state index contributed by atoms with van der Waals surface area (Å²) in [5.41, 5.74) is 0.490. The van der Waals surface area contributed by atoms with E-state index < -0.39 is 5.97 Å². The Morgan fingerprint density at radius 2 is 1.39 bits per heavy atom. The number of benzene rings is 2. The van der Waals surface area contributed by atoms with Gasteiger partial charge in [0.15, 0.2) is 0 Å². The van der Waals surface area contributed by atoms with Gasteiger partial charge in [0, 0.05) is 0 Å². The van der Waals surface area contributed by atoms with Crippen LogP contribution in [0, 0.1) is 0 Å². The predicted octanol–water partition coefficient (Wildman–Crippen LogP) is 8.51. The first kappa shape index (κ1) is 26.5. The third-order valence-corrected chi connectivity index (χ3v) is 5.45. The minimum Gasteiger partial charge on any atom is -0.491 e. The van der Waals surface area contributed by atoms with Crippen molar-refractivity contribution in [3.05, 3.63) is 66.4 Å². The number of hydrogen-bond acceptors (Lipinski definition) is 4. The fourth-order valence-corrected chi connectivity index (χ4v) is 3.46. The first-order valence-corrected chi connectivity index (χ1v) is 12.5. The smallest absolute Gasteiger partial charge is 0.343 e. The highest BCUT2D eigenvalue weighted by molar-refractivity contribution is 5.91. The Balaban J connectivity index is 1.75. The van der Waals surface area contributed by atoms with Crippen LogP contribution in [0.4, 0.5) is 0 Å². The monoisotopic (exact) mass is 452 g/mol. The van der Waals surface area contributed by atoms with Gasteiger partial charge in [-0.05, 0) is 87.2 Å². The van der Waals surface area contributed by atoms with Gasteiger partial charge in [0.05, 0.1) is 17.9 Å². The Morgan fingerprint density at radius 1 is 0.788 bits per heavy atom. The van der Waals surface area contributed by atoms with Crippen LogP contribution in [0.15, 0.2) is 60.9 Å². The molecule has 0 aromatic heterocycles. The van der Waals surface area contributed by atoms with Crippen LogP contribution in [0.3, 0.4) is 0 Å². The highest BCUT2D eigenvalue weighted by atomic mass is 16.5. The van der Waals surface area contributed by atoms with Gasteiger partial charge < -0.3 is 14.2 Å². The van der Waals surface area contributed by atoms with E-state index in [1.165, 1.54) is 51.4 Å². The molecule has 0 heterocycles. The molecule has 0 fully saturated rings. The highest BCUT2D eigenvalue weighted by Crippen LogP contribution is 2.21. The lowest BCUT2D eigenvalue weighted by atomic mass is 10.1. The Kier molecular flexibility index (Phi) is 12.8. The van der Waals surface area contributed by atoms with Crippen LogP contribution >= 0.6 is 0 Å². The summed E-state index contributed by atoms with van der Waals surface area (Å²) < 4.78 is 17.0. The highest BCUT2D eigenvalue weighted by Gasteiger charge is 2.10. The van der Waals surface area contributed by atoms with Crippen molar-refractivity contribution in [2.24, 2.45) is 0 Å². The Bertz CT molecular complexity index is 809. The molecule has 2 aromatic carbocycles. The number of esters is 1. The zero-order valence-corrected chi connectivity index (χ0v) is 20.6. The van der Waals surface area contributed by atoms with E-state index in [0.717, 1.165) is 18.6 Å². The maximum Gasteiger partial charge on any atom is 0.343 e. The predicted molar refractivity (Wildman–Crippen MR) is 135 cm³/mol. The number of allylic oxidation sites excluding steroid dienone is 1. The number of hydrogen-bond donors (Lipinski definition) is 0. The summed E-state index contributed by atoms with van der Waals surface area (Å²) >= 11 is 0. The first-order valence-electron chi connectivity index (χ1n) is 12.5. The molecule has 0 bridgehead atoms. The average Bonchev–Trinajstić information content (AvgIpc) is 2.83. The van der Waals surface area contributed by atoms with Crippen molar-refractivity contribution in [3.63, 3.8) is 0 Å². The summed E-state index contributed by atoms with van der Waals surface area (Å²) in [6.07, 6.45) is 15.9. The Hall–Kier alpha value is -2.75. The molecule has 0 saturated heterocycles.